The number of anilines is 1. The van der Waals surface area contributed by atoms with Crippen molar-refractivity contribution >= 4 is 33.2 Å². The highest BCUT2D eigenvalue weighted by Gasteiger charge is 2.27. The minimum atomic E-state index is -4.12. The van der Waals surface area contributed by atoms with E-state index < -0.39 is 28.3 Å². The molecule has 168 valence electrons. The van der Waals surface area contributed by atoms with Crippen LogP contribution < -0.4 is 14.4 Å². The number of carbonyl (C=O) groups excluding carboxylic acids is 1. The molecule has 0 saturated carbocycles. The molecular formula is C23H22ClFN2O4S. The van der Waals surface area contributed by atoms with Gasteiger partial charge in [-0.25, -0.2) is 12.8 Å². The van der Waals surface area contributed by atoms with Crippen LogP contribution in [0.2, 0.25) is 5.02 Å². The molecule has 3 aromatic rings. The van der Waals surface area contributed by atoms with Crippen LogP contribution in [0, 0.1) is 5.82 Å². The van der Waals surface area contributed by atoms with Gasteiger partial charge in [0.15, 0.2) is 0 Å². The summed E-state index contributed by atoms with van der Waals surface area (Å²) >= 11 is 6.11. The maximum Gasteiger partial charge on any atom is 0.264 e. The second-order valence-corrected chi connectivity index (χ2v) is 9.03. The smallest absolute Gasteiger partial charge is 0.264 e. The van der Waals surface area contributed by atoms with Crippen molar-refractivity contribution in [3.05, 3.63) is 89.2 Å². The van der Waals surface area contributed by atoms with E-state index in [0.29, 0.717) is 22.9 Å². The van der Waals surface area contributed by atoms with Gasteiger partial charge in [0.1, 0.15) is 18.1 Å². The number of sulfonamides is 1. The average Bonchev–Trinajstić information content (AvgIpc) is 2.78. The predicted molar refractivity (Wildman–Crippen MR) is 122 cm³/mol. The molecule has 0 heterocycles. The summed E-state index contributed by atoms with van der Waals surface area (Å²) in [5.74, 6) is -0.531. The first kappa shape index (κ1) is 23.6. The third-order valence-electron chi connectivity index (χ3n) is 4.56. The third-order valence-corrected chi connectivity index (χ3v) is 6.72. The van der Waals surface area contributed by atoms with Crippen LogP contribution in [-0.4, -0.2) is 27.5 Å². The molecule has 0 aliphatic carbocycles. The van der Waals surface area contributed by atoms with Gasteiger partial charge in [-0.05, 0) is 67.1 Å². The van der Waals surface area contributed by atoms with Crippen LogP contribution >= 0.6 is 11.6 Å². The van der Waals surface area contributed by atoms with Gasteiger partial charge in [0.05, 0.1) is 17.2 Å². The molecule has 0 atom stereocenters. The van der Waals surface area contributed by atoms with Crippen molar-refractivity contribution in [1.29, 1.82) is 0 Å². The first-order chi connectivity index (χ1) is 15.3. The number of nitrogens with zero attached hydrogens (tertiary/aromatic N) is 1. The number of ether oxygens (including phenoxy) is 1. The van der Waals surface area contributed by atoms with Crippen molar-refractivity contribution in [3.63, 3.8) is 0 Å². The van der Waals surface area contributed by atoms with Crippen LogP contribution in [0.1, 0.15) is 12.5 Å². The van der Waals surface area contributed by atoms with E-state index in [1.54, 1.807) is 24.3 Å². The SMILES string of the molecule is CCOc1ccc(S(=O)(=O)N(CC(=O)NCc2ccccc2Cl)c2ccc(F)cc2)cc1. The number of hydrogen-bond acceptors (Lipinski definition) is 4. The summed E-state index contributed by atoms with van der Waals surface area (Å²) < 4.78 is 46.4. The van der Waals surface area contributed by atoms with E-state index in [0.717, 1.165) is 16.4 Å². The molecule has 3 rings (SSSR count). The molecule has 32 heavy (non-hydrogen) atoms. The maximum atomic E-state index is 13.4. The molecule has 9 heteroatoms. The number of hydrogen-bond donors (Lipinski definition) is 1. The van der Waals surface area contributed by atoms with E-state index in [2.05, 4.69) is 5.32 Å². The molecule has 0 unspecified atom stereocenters. The highest BCUT2D eigenvalue weighted by molar-refractivity contribution is 7.92. The van der Waals surface area contributed by atoms with Crippen molar-refractivity contribution in [3.8, 4) is 5.75 Å². The first-order valence-electron chi connectivity index (χ1n) is 9.82. The van der Waals surface area contributed by atoms with E-state index in [1.165, 1.54) is 36.4 Å². The fourth-order valence-corrected chi connectivity index (χ4v) is 4.57. The van der Waals surface area contributed by atoms with Crippen LogP contribution in [-0.2, 0) is 21.4 Å². The minimum Gasteiger partial charge on any atom is -0.494 e. The summed E-state index contributed by atoms with van der Waals surface area (Å²) in [4.78, 5) is 12.6. The molecule has 0 spiro atoms. The topological polar surface area (TPSA) is 75.7 Å². The Hall–Kier alpha value is -3.10. The predicted octanol–water partition coefficient (Wildman–Crippen LogP) is 4.39. The van der Waals surface area contributed by atoms with Gasteiger partial charge in [-0.3, -0.25) is 9.10 Å². The average molecular weight is 477 g/mol. The molecule has 0 bridgehead atoms. The lowest BCUT2D eigenvalue weighted by Gasteiger charge is -2.24. The number of benzene rings is 3. The van der Waals surface area contributed by atoms with E-state index in [-0.39, 0.29) is 17.1 Å². The molecule has 0 saturated heterocycles. The fourth-order valence-electron chi connectivity index (χ4n) is 2.95. The Labute approximate surface area is 191 Å². The molecule has 0 radical (unpaired) electrons. The van der Waals surface area contributed by atoms with Gasteiger partial charge in [0.25, 0.3) is 10.0 Å². The molecule has 0 fully saturated rings. The Bertz CT molecular complexity index is 1170. The molecule has 6 nitrogen and oxygen atoms in total. The zero-order chi connectivity index (χ0) is 23.1. The van der Waals surface area contributed by atoms with Crippen LogP contribution in [0.15, 0.2) is 77.7 Å². The van der Waals surface area contributed by atoms with Crippen molar-refractivity contribution in [2.24, 2.45) is 0 Å². The minimum absolute atomic E-state index is 0.0239. The van der Waals surface area contributed by atoms with Crippen LogP contribution in [0.25, 0.3) is 0 Å². The van der Waals surface area contributed by atoms with Crippen molar-refractivity contribution in [1.82, 2.24) is 5.32 Å². The lowest BCUT2D eigenvalue weighted by atomic mass is 10.2. The van der Waals surface area contributed by atoms with Crippen molar-refractivity contribution in [2.45, 2.75) is 18.4 Å². The highest BCUT2D eigenvalue weighted by atomic mass is 35.5. The van der Waals surface area contributed by atoms with Gasteiger partial charge in [-0.15, -0.1) is 0 Å². The second-order valence-electron chi connectivity index (χ2n) is 6.76. The summed E-state index contributed by atoms with van der Waals surface area (Å²) in [6, 6.07) is 17.8. The monoisotopic (exact) mass is 476 g/mol. The molecule has 1 amide bonds. The van der Waals surface area contributed by atoms with E-state index >= 15 is 0 Å². The van der Waals surface area contributed by atoms with Gasteiger partial charge >= 0.3 is 0 Å². The van der Waals surface area contributed by atoms with Crippen LogP contribution in [0.3, 0.4) is 0 Å². The van der Waals surface area contributed by atoms with Gasteiger partial charge in [-0.1, -0.05) is 29.8 Å². The second kappa shape index (κ2) is 10.5. The third kappa shape index (κ3) is 5.77. The van der Waals surface area contributed by atoms with Crippen molar-refractivity contribution in [2.75, 3.05) is 17.5 Å². The zero-order valence-electron chi connectivity index (χ0n) is 17.3. The number of carbonyl (C=O) groups is 1. The van der Waals surface area contributed by atoms with Gasteiger partial charge in [0.2, 0.25) is 5.91 Å². The summed E-state index contributed by atoms with van der Waals surface area (Å²) in [7, 11) is -4.12. The highest BCUT2D eigenvalue weighted by Crippen LogP contribution is 2.25. The summed E-state index contributed by atoms with van der Waals surface area (Å²) in [5.41, 5.74) is 0.860. The Morgan fingerprint density at radius 2 is 1.69 bits per heavy atom. The summed E-state index contributed by atoms with van der Waals surface area (Å²) in [5, 5.41) is 3.17. The molecule has 3 aromatic carbocycles. The normalized spacial score (nSPS) is 11.1. The Balaban J connectivity index is 1.85. The first-order valence-corrected chi connectivity index (χ1v) is 11.6. The van der Waals surface area contributed by atoms with E-state index in [9.17, 15) is 17.6 Å². The molecule has 0 aromatic heterocycles. The van der Waals surface area contributed by atoms with E-state index in [1.807, 2.05) is 6.92 Å². The number of halogens is 2. The van der Waals surface area contributed by atoms with Crippen LogP contribution in [0.4, 0.5) is 10.1 Å². The maximum absolute atomic E-state index is 13.4. The Morgan fingerprint density at radius 1 is 1.03 bits per heavy atom. The quantitative estimate of drug-likeness (QED) is 0.497. The van der Waals surface area contributed by atoms with Crippen molar-refractivity contribution < 1.29 is 22.3 Å². The molecule has 1 N–H and O–H groups in total. The number of rotatable bonds is 9. The largest absolute Gasteiger partial charge is 0.494 e. The molecule has 0 aliphatic heterocycles. The van der Waals surface area contributed by atoms with Crippen LogP contribution in [0.5, 0.6) is 5.75 Å². The number of amides is 1. The summed E-state index contributed by atoms with van der Waals surface area (Å²) in [6.45, 7) is 1.91. The Morgan fingerprint density at radius 3 is 2.31 bits per heavy atom. The standard InChI is InChI=1S/C23H22ClFN2O4S/c1-2-31-20-11-13-21(14-12-20)32(29,30)27(19-9-7-18(25)8-10-19)16-23(28)26-15-17-5-3-4-6-22(17)24/h3-14H,2,15-16H2,1H3,(H,26,28). The summed E-state index contributed by atoms with van der Waals surface area (Å²) in [6.07, 6.45) is 0. The number of nitrogens with one attached hydrogen (secondary N) is 1. The lowest BCUT2D eigenvalue weighted by molar-refractivity contribution is -0.119. The molecule has 0 aliphatic rings. The zero-order valence-corrected chi connectivity index (χ0v) is 18.9. The van der Waals surface area contributed by atoms with Gasteiger partial charge < -0.3 is 10.1 Å². The molecular weight excluding hydrogens is 455 g/mol. The van der Waals surface area contributed by atoms with Gasteiger partial charge in [-0.2, -0.15) is 0 Å². The van der Waals surface area contributed by atoms with E-state index in [4.69, 9.17) is 16.3 Å². The van der Waals surface area contributed by atoms with Gasteiger partial charge in [0, 0.05) is 11.6 Å². The lowest BCUT2D eigenvalue weighted by Crippen LogP contribution is -2.40. The Kier molecular flexibility index (Phi) is 7.71. The fraction of sp³-hybridized carbons (Fsp3) is 0.174.